The molecule has 200 valence electrons. The van der Waals surface area contributed by atoms with Gasteiger partial charge in [0.25, 0.3) is 5.91 Å². The molecule has 1 aliphatic heterocycles. The van der Waals surface area contributed by atoms with Gasteiger partial charge in [0.05, 0.1) is 18.7 Å². The second-order valence-corrected chi connectivity index (χ2v) is 10.1. The number of methoxy groups -OCH3 is 1. The van der Waals surface area contributed by atoms with E-state index in [9.17, 15) is 14.7 Å². The smallest absolute Gasteiger partial charge is 0.294 e. The Morgan fingerprint density at radius 2 is 1.54 bits per heavy atom. The molecule has 8 nitrogen and oxygen atoms in total. The van der Waals surface area contributed by atoms with Crippen molar-refractivity contribution in [3.05, 3.63) is 94.4 Å². The first-order valence-electron chi connectivity index (χ1n) is 12.2. The van der Waals surface area contributed by atoms with Crippen LogP contribution in [0.15, 0.2) is 82.5 Å². The van der Waals surface area contributed by atoms with Gasteiger partial charge in [0.1, 0.15) is 0 Å². The van der Waals surface area contributed by atoms with E-state index in [0.717, 1.165) is 11.4 Å². The number of ketones is 1. The van der Waals surface area contributed by atoms with Crippen molar-refractivity contribution in [2.45, 2.75) is 6.04 Å². The zero-order valence-electron chi connectivity index (χ0n) is 22.2. The molecule has 0 saturated carbocycles. The number of hydrogen-bond donors (Lipinski definition) is 1. The van der Waals surface area contributed by atoms with Gasteiger partial charge in [-0.1, -0.05) is 23.7 Å². The van der Waals surface area contributed by atoms with Crippen LogP contribution < -0.4 is 19.4 Å². The molecule has 1 unspecified atom stereocenters. The summed E-state index contributed by atoms with van der Waals surface area (Å²) in [5, 5.41) is 12.1. The van der Waals surface area contributed by atoms with E-state index in [2.05, 4.69) is 0 Å². The van der Waals surface area contributed by atoms with Crippen LogP contribution in [0.2, 0.25) is 5.02 Å². The number of aliphatic hydroxyl groups is 1. The molecule has 0 saturated heterocycles. The summed E-state index contributed by atoms with van der Waals surface area (Å²) in [4.78, 5) is 32.8. The van der Waals surface area contributed by atoms with E-state index in [1.807, 2.05) is 74.4 Å². The highest BCUT2D eigenvalue weighted by Crippen LogP contribution is 2.43. The number of carbonyl (C=O) groups is 2. The lowest BCUT2D eigenvalue weighted by Crippen LogP contribution is -2.31. The number of amides is 1. The second kappa shape index (κ2) is 10.0. The molecule has 9 heteroatoms. The number of furan rings is 1. The van der Waals surface area contributed by atoms with Gasteiger partial charge in [-0.3, -0.25) is 14.5 Å². The van der Waals surface area contributed by atoms with E-state index in [1.54, 1.807) is 24.3 Å². The van der Waals surface area contributed by atoms with Gasteiger partial charge in [-0.05, 0) is 54.1 Å². The first kappa shape index (κ1) is 26.2. The normalized spacial score (nSPS) is 15.3. The molecule has 0 spiro atoms. The Labute approximate surface area is 231 Å². The molecule has 0 fully saturated rings. The zero-order valence-corrected chi connectivity index (χ0v) is 23.0. The lowest BCUT2D eigenvalue weighted by atomic mass is 9.94. The van der Waals surface area contributed by atoms with E-state index in [4.69, 9.17) is 20.8 Å². The minimum absolute atomic E-state index is 0.0420. The number of Topliss-reactive ketones (excluding diaryl/α,β-unsaturated/α-hetero) is 1. The lowest BCUT2D eigenvalue weighted by Gasteiger charge is -2.27. The van der Waals surface area contributed by atoms with Crippen molar-refractivity contribution in [3.8, 4) is 5.75 Å². The van der Waals surface area contributed by atoms with E-state index < -0.39 is 23.5 Å². The summed E-state index contributed by atoms with van der Waals surface area (Å²) in [6.45, 7) is 0. The number of anilines is 3. The highest BCUT2D eigenvalue weighted by atomic mass is 35.5. The summed E-state index contributed by atoms with van der Waals surface area (Å²) in [5.41, 5.74) is 3.37. The molecule has 0 aliphatic carbocycles. The van der Waals surface area contributed by atoms with Crippen LogP contribution in [-0.2, 0) is 4.79 Å². The third kappa shape index (κ3) is 4.57. The van der Waals surface area contributed by atoms with E-state index in [1.165, 1.54) is 18.1 Å². The quantitative estimate of drug-likeness (QED) is 0.285. The SMILES string of the molecule is COc1cc(Cl)cc2cc(C(=O)C3=C(O)C(=O)N(c4ccc(N(C)C)cc4)C3c3ccc(N(C)C)cc3)oc12. The monoisotopic (exact) mass is 545 g/mol. The highest BCUT2D eigenvalue weighted by Gasteiger charge is 2.45. The van der Waals surface area contributed by atoms with Crippen LogP contribution in [0.5, 0.6) is 5.75 Å². The Balaban J connectivity index is 1.64. The minimum Gasteiger partial charge on any atom is -0.503 e. The molecule has 2 heterocycles. The topological polar surface area (TPSA) is 86.5 Å². The standard InChI is InChI=1S/C30H28ClN3O5/c1-32(2)20-8-6-17(7-9-20)26-25(27(35)23-15-18-14-19(31)16-24(38-5)29(18)39-23)28(36)30(37)34(26)22-12-10-21(11-13-22)33(3)4/h6-16,26,36H,1-5H3. The van der Waals surface area contributed by atoms with Crippen LogP contribution in [0.1, 0.15) is 22.2 Å². The lowest BCUT2D eigenvalue weighted by molar-refractivity contribution is -0.117. The fraction of sp³-hybridized carbons (Fsp3) is 0.200. The molecule has 1 amide bonds. The Hall–Kier alpha value is -4.43. The molecule has 5 rings (SSSR count). The van der Waals surface area contributed by atoms with Crippen molar-refractivity contribution in [2.24, 2.45) is 0 Å². The first-order chi connectivity index (χ1) is 18.6. The average Bonchev–Trinajstić information content (AvgIpc) is 3.46. The molecule has 0 bridgehead atoms. The van der Waals surface area contributed by atoms with Crippen LogP contribution in [-0.4, -0.2) is 52.1 Å². The number of hydrogen-bond acceptors (Lipinski definition) is 7. The molecule has 1 aliphatic rings. The Kier molecular flexibility index (Phi) is 6.74. The summed E-state index contributed by atoms with van der Waals surface area (Å²) in [6.07, 6.45) is 0. The average molecular weight is 546 g/mol. The third-order valence-corrected chi connectivity index (χ3v) is 7.03. The Morgan fingerprint density at radius 3 is 2.10 bits per heavy atom. The van der Waals surface area contributed by atoms with Crippen molar-refractivity contribution >= 4 is 51.3 Å². The fourth-order valence-corrected chi connectivity index (χ4v) is 4.98. The zero-order chi connectivity index (χ0) is 28.0. The van der Waals surface area contributed by atoms with Gasteiger partial charge in [-0.15, -0.1) is 0 Å². The molecule has 1 N–H and O–H groups in total. The van der Waals surface area contributed by atoms with Gasteiger partial charge in [0.15, 0.2) is 22.9 Å². The van der Waals surface area contributed by atoms with Gasteiger partial charge in [-0.25, -0.2) is 0 Å². The predicted octanol–water partition coefficient (Wildman–Crippen LogP) is 6.01. The fourth-order valence-electron chi connectivity index (χ4n) is 4.77. The van der Waals surface area contributed by atoms with E-state index in [-0.39, 0.29) is 11.3 Å². The van der Waals surface area contributed by atoms with Crippen molar-refractivity contribution in [1.82, 2.24) is 0 Å². The first-order valence-corrected chi connectivity index (χ1v) is 12.6. The number of ether oxygens (including phenoxy) is 1. The number of benzene rings is 3. The van der Waals surface area contributed by atoms with Crippen LogP contribution >= 0.6 is 11.6 Å². The minimum atomic E-state index is -0.884. The maximum atomic E-state index is 14.0. The number of aliphatic hydroxyl groups excluding tert-OH is 1. The van der Waals surface area contributed by atoms with E-state index in [0.29, 0.717) is 33.0 Å². The summed E-state index contributed by atoms with van der Waals surface area (Å²) in [7, 11) is 9.17. The van der Waals surface area contributed by atoms with Crippen LogP contribution in [0.25, 0.3) is 11.0 Å². The second-order valence-electron chi connectivity index (χ2n) is 9.70. The van der Waals surface area contributed by atoms with Crippen molar-refractivity contribution in [3.63, 3.8) is 0 Å². The van der Waals surface area contributed by atoms with Crippen LogP contribution in [0, 0.1) is 0 Å². The highest BCUT2D eigenvalue weighted by molar-refractivity contribution is 6.31. The van der Waals surface area contributed by atoms with Crippen molar-refractivity contribution in [1.29, 1.82) is 0 Å². The van der Waals surface area contributed by atoms with Gasteiger partial charge >= 0.3 is 0 Å². The third-order valence-electron chi connectivity index (χ3n) is 6.81. The Bertz CT molecular complexity index is 1600. The number of fused-ring (bicyclic) bond motifs is 1. The summed E-state index contributed by atoms with van der Waals surface area (Å²) in [6, 6.07) is 18.7. The molecule has 0 radical (unpaired) electrons. The molecule has 39 heavy (non-hydrogen) atoms. The van der Waals surface area contributed by atoms with Gasteiger partial charge in [0, 0.05) is 61.7 Å². The molecule has 3 aromatic carbocycles. The summed E-state index contributed by atoms with van der Waals surface area (Å²) in [5.74, 6) is -1.57. The van der Waals surface area contributed by atoms with E-state index >= 15 is 0 Å². The number of carbonyl (C=O) groups excluding carboxylic acids is 2. The van der Waals surface area contributed by atoms with Gasteiger partial charge in [-0.2, -0.15) is 0 Å². The maximum absolute atomic E-state index is 14.0. The van der Waals surface area contributed by atoms with Crippen molar-refractivity contribution in [2.75, 3.05) is 50.0 Å². The molecule has 4 aromatic rings. The number of rotatable bonds is 7. The molecule has 1 aromatic heterocycles. The molecular weight excluding hydrogens is 518 g/mol. The largest absolute Gasteiger partial charge is 0.503 e. The Morgan fingerprint density at radius 1 is 0.949 bits per heavy atom. The number of nitrogens with zero attached hydrogens (tertiary/aromatic N) is 3. The maximum Gasteiger partial charge on any atom is 0.294 e. The van der Waals surface area contributed by atoms with Crippen LogP contribution in [0.3, 0.4) is 0 Å². The number of halogens is 1. The molecule has 1 atom stereocenters. The summed E-state index contributed by atoms with van der Waals surface area (Å²) >= 11 is 6.20. The summed E-state index contributed by atoms with van der Waals surface area (Å²) < 4.78 is 11.3. The van der Waals surface area contributed by atoms with Gasteiger partial charge in [0.2, 0.25) is 5.78 Å². The predicted molar refractivity (Wildman–Crippen MR) is 154 cm³/mol. The molecular formula is C30H28ClN3O5. The van der Waals surface area contributed by atoms with Crippen LogP contribution in [0.4, 0.5) is 17.1 Å². The van der Waals surface area contributed by atoms with Gasteiger partial charge < -0.3 is 24.1 Å². The van der Waals surface area contributed by atoms with Crippen molar-refractivity contribution < 1.29 is 23.8 Å².